The predicted octanol–water partition coefficient (Wildman–Crippen LogP) is 3.59. The second kappa shape index (κ2) is 10.5. The number of pyridine rings is 1. The lowest BCUT2D eigenvalue weighted by Crippen LogP contribution is -2.39. The Morgan fingerprint density at radius 1 is 1.26 bits per heavy atom. The van der Waals surface area contributed by atoms with Crippen molar-refractivity contribution in [1.29, 1.82) is 0 Å². The van der Waals surface area contributed by atoms with E-state index in [1.807, 2.05) is 13.0 Å². The monoisotopic (exact) mass is 466 g/mol. The number of nitrogens with one attached hydrogen (secondary N) is 1. The van der Waals surface area contributed by atoms with E-state index in [9.17, 15) is 9.59 Å². The summed E-state index contributed by atoms with van der Waals surface area (Å²) >= 11 is 0. The fraction of sp³-hybridized carbons (Fsp3) is 0.560. The number of aryl methyl sites for hydroxylation is 2. The van der Waals surface area contributed by atoms with Crippen molar-refractivity contribution in [3.05, 3.63) is 51.1 Å². The van der Waals surface area contributed by atoms with Gasteiger partial charge in [-0.05, 0) is 73.0 Å². The number of aromatic amines is 1. The second-order valence-electron chi connectivity index (χ2n) is 9.13. The molecule has 0 aliphatic heterocycles. The van der Waals surface area contributed by atoms with E-state index < -0.39 is 0 Å². The Kier molecular flexibility index (Phi) is 7.41. The van der Waals surface area contributed by atoms with Crippen molar-refractivity contribution in [3.8, 4) is 0 Å². The van der Waals surface area contributed by atoms with Crippen molar-refractivity contribution in [2.24, 2.45) is 0 Å². The average molecular weight is 467 g/mol. The Hall–Kier alpha value is -3.07. The molecule has 2 heterocycles. The van der Waals surface area contributed by atoms with Gasteiger partial charge in [0, 0.05) is 18.2 Å². The van der Waals surface area contributed by atoms with Crippen LogP contribution in [0.5, 0.6) is 0 Å². The van der Waals surface area contributed by atoms with Gasteiger partial charge >= 0.3 is 5.97 Å². The van der Waals surface area contributed by atoms with Crippen LogP contribution in [0, 0.1) is 13.8 Å². The van der Waals surface area contributed by atoms with Gasteiger partial charge in [0.15, 0.2) is 5.82 Å². The molecule has 0 radical (unpaired) electrons. The quantitative estimate of drug-likeness (QED) is 0.480. The first-order chi connectivity index (χ1) is 16.4. The number of carbonyl (C=O) groups excluding carboxylic acids is 1. The zero-order valence-electron chi connectivity index (χ0n) is 20.5. The van der Waals surface area contributed by atoms with Gasteiger partial charge in [-0.1, -0.05) is 31.9 Å². The molecular formula is C25H34N6O3. The molecule has 1 N–H and O–H groups in total. The first-order valence-corrected chi connectivity index (χ1v) is 12.2. The largest absolute Gasteiger partial charge is 0.465 e. The number of esters is 1. The van der Waals surface area contributed by atoms with Gasteiger partial charge in [0.25, 0.3) is 5.56 Å². The van der Waals surface area contributed by atoms with Gasteiger partial charge in [-0.25, -0.2) is 4.68 Å². The van der Waals surface area contributed by atoms with Crippen LogP contribution < -0.4 is 5.56 Å². The number of benzene rings is 1. The van der Waals surface area contributed by atoms with Crippen LogP contribution in [0.2, 0.25) is 0 Å². The van der Waals surface area contributed by atoms with Gasteiger partial charge in [-0.2, -0.15) is 0 Å². The van der Waals surface area contributed by atoms with Crippen molar-refractivity contribution >= 4 is 16.9 Å². The maximum absolute atomic E-state index is 13.1. The highest BCUT2D eigenvalue weighted by atomic mass is 16.5. The van der Waals surface area contributed by atoms with Crippen LogP contribution in [0.1, 0.15) is 74.5 Å². The van der Waals surface area contributed by atoms with E-state index in [2.05, 4.69) is 51.4 Å². The molecule has 0 bridgehead atoms. The summed E-state index contributed by atoms with van der Waals surface area (Å²) < 4.78 is 6.63. The average Bonchev–Trinajstić information content (AvgIpc) is 3.50. The summed E-state index contributed by atoms with van der Waals surface area (Å²) in [5.41, 5.74) is 3.81. The maximum Gasteiger partial charge on any atom is 0.327 e. The van der Waals surface area contributed by atoms with Crippen LogP contribution in [0.25, 0.3) is 10.9 Å². The van der Waals surface area contributed by atoms with Crippen molar-refractivity contribution in [2.75, 3.05) is 6.61 Å². The van der Waals surface area contributed by atoms with Gasteiger partial charge in [-0.15, -0.1) is 5.10 Å². The molecule has 0 spiro atoms. The smallest absolute Gasteiger partial charge is 0.327 e. The highest BCUT2D eigenvalue weighted by molar-refractivity contribution is 5.83. The molecule has 9 nitrogen and oxygen atoms in total. The molecule has 1 aliphatic rings. The van der Waals surface area contributed by atoms with Crippen LogP contribution in [0.4, 0.5) is 0 Å². The molecule has 1 aromatic carbocycles. The van der Waals surface area contributed by atoms with Crippen LogP contribution >= 0.6 is 0 Å². The molecule has 34 heavy (non-hydrogen) atoms. The third-order valence-electron chi connectivity index (χ3n) is 7.00. The number of tetrazole rings is 1. The van der Waals surface area contributed by atoms with E-state index >= 15 is 0 Å². The lowest BCUT2D eigenvalue weighted by atomic mass is 10.0. The Morgan fingerprint density at radius 2 is 2.03 bits per heavy atom. The van der Waals surface area contributed by atoms with Crippen molar-refractivity contribution in [2.45, 2.75) is 85.0 Å². The van der Waals surface area contributed by atoms with Gasteiger partial charge in [0.05, 0.1) is 18.2 Å². The lowest BCUT2D eigenvalue weighted by Gasteiger charge is -2.35. The fourth-order valence-electron chi connectivity index (χ4n) is 5.07. The summed E-state index contributed by atoms with van der Waals surface area (Å²) in [4.78, 5) is 30.7. The summed E-state index contributed by atoms with van der Waals surface area (Å²) in [6.07, 6.45) is 5.22. The number of hydrogen-bond acceptors (Lipinski definition) is 7. The molecule has 182 valence electrons. The first-order valence-electron chi connectivity index (χ1n) is 12.2. The normalized spacial score (nSPS) is 15.3. The van der Waals surface area contributed by atoms with Crippen LogP contribution in [0.3, 0.4) is 0 Å². The lowest BCUT2D eigenvalue weighted by molar-refractivity contribution is -0.144. The minimum absolute atomic E-state index is 0.0274. The summed E-state index contributed by atoms with van der Waals surface area (Å²) in [6, 6.07) is 6.37. The first kappa shape index (κ1) is 24.1. The van der Waals surface area contributed by atoms with Gasteiger partial charge in [0.2, 0.25) is 0 Å². The Bertz CT molecular complexity index is 1210. The maximum atomic E-state index is 13.1. The molecule has 1 aliphatic carbocycles. The van der Waals surface area contributed by atoms with Gasteiger partial charge in [0.1, 0.15) is 6.54 Å². The molecule has 0 amide bonds. The number of nitrogens with zero attached hydrogens (tertiary/aromatic N) is 5. The Balaban J connectivity index is 1.70. The molecule has 1 saturated carbocycles. The Morgan fingerprint density at radius 3 is 2.74 bits per heavy atom. The molecule has 9 heteroatoms. The van der Waals surface area contributed by atoms with Crippen LogP contribution in [-0.2, 0) is 22.6 Å². The minimum atomic E-state index is -0.366. The van der Waals surface area contributed by atoms with Crippen LogP contribution in [-0.4, -0.2) is 48.7 Å². The van der Waals surface area contributed by atoms with E-state index in [0.29, 0.717) is 25.0 Å². The predicted molar refractivity (Wildman–Crippen MR) is 129 cm³/mol. The summed E-state index contributed by atoms with van der Waals surface area (Å²) in [5.74, 6) is 0.265. The highest BCUT2D eigenvalue weighted by Gasteiger charge is 2.33. The number of ether oxygens (including phenoxy) is 1. The summed E-state index contributed by atoms with van der Waals surface area (Å²) in [6.45, 7) is 8.73. The second-order valence-corrected chi connectivity index (χ2v) is 9.13. The standard InChI is InChI=1S/C25H34N6O3/c1-5-21(24-27-28-29-31(24)15-22(32)34-6-2)30(20-9-7-8-10-20)14-19-13-18-12-11-16(3)17(4)23(18)26-25(19)33/h11-13,20-21H,5-10,14-15H2,1-4H3,(H,26,33)/t21-/m1/s1. The number of hydrogen-bond donors (Lipinski definition) is 1. The van der Waals surface area contributed by atoms with Crippen molar-refractivity contribution in [3.63, 3.8) is 0 Å². The number of carbonyl (C=O) groups is 1. The van der Waals surface area contributed by atoms with E-state index in [-0.39, 0.29) is 24.1 Å². The molecule has 1 atom stereocenters. The fourth-order valence-corrected chi connectivity index (χ4v) is 5.07. The van der Waals surface area contributed by atoms with E-state index in [1.54, 1.807) is 6.92 Å². The van der Waals surface area contributed by atoms with Gasteiger partial charge < -0.3 is 9.72 Å². The molecule has 0 unspecified atom stereocenters. The Labute approximate surface area is 199 Å². The number of aromatic nitrogens is 5. The highest BCUT2D eigenvalue weighted by Crippen LogP contribution is 2.33. The zero-order valence-corrected chi connectivity index (χ0v) is 20.5. The van der Waals surface area contributed by atoms with E-state index in [0.717, 1.165) is 59.7 Å². The topological polar surface area (TPSA) is 106 Å². The van der Waals surface area contributed by atoms with Gasteiger partial charge in [-0.3, -0.25) is 14.5 Å². The number of H-pyrrole nitrogens is 1. The molecule has 2 aromatic heterocycles. The van der Waals surface area contributed by atoms with E-state index in [4.69, 9.17) is 4.74 Å². The third-order valence-corrected chi connectivity index (χ3v) is 7.00. The minimum Gasteiger partial charge on any atom is -0.465 e. The summed E-state index contributed by atoms with van der Waals surface area (Å²) in [5, 5.41) is 13.2. The molecule has 4 rings (SSSR count). The van der Waals surface area contributed by atoms with Crippen molar-refractivity contribution < 1.29 is 9.53 Å². The number of fused-ring (bicyclic) bond motifs is 1. The molecular weight excluding hydrogens is 432 g/mol. The molecule has 1 fully saturated rings. The SMILES string of the molecule is CCOC(=O)Cn1nnnc1[C@@H](CC)N(Cc1cc2ccc(C)c(C)c2[nH]c1=O)C1CCCC1. The zero-order chi connectivity index (χ0) is 24.2. The van der Waals surface area contributed by atoms with Crippen molar-refractivity contribution in [1.82, 2.24) is 30.1 Å². The number of rotatable bonds is 9. The van der Waals surface area contributed by atoms with Crippen LogP contribution in [0.15, 0.2) is 23.0 Å². The molecule has 0 saturated heterocycles. The molecule has 3 aromatic rings. The van der Waals surface area contributed by atoms with E-state index in [1.165, 1.54) is 4.68 Å². The third kappa shape index (κ3) is 4.89. The summed E-state index contributed by atoms with van der Waals surface area (Å²) in [7, 11) is 0.